The maximum Gasteiger partial charge on any atom is 0.274 e. The summed E-state index contributed by atoms with van der Waals surface area (Å²) in [7, 11) is 0. The van der Waals surface area contributed by atoms with Crippen LogP contribution in [0, 0.1) is 32.1 Å². The van der Waals surface area contributed by atoms with Crippen molar-refractivity contribution in [3.8, 4) is 17.5 Å². The Labute approximate surface area is 160 Å². The SMILES string of the molecule is Cc1nc(C(=O)Nc2ccc3[nH]nc(-c4cnco4)c3c2)c(C)c(C)c1C#N. The molecule has 0 saturated heterocycles. The van der Waals surface area contributed by atoms with Gasteiger partial charge in [0.2, 0.25) is 0 Å². The number of aromatic nitrogens is 4. The lowest BCUT2D eigenvalue weighted by atomic mass is 10.0. The second-order valence-corrected chi connectivity index (χ2v) is 6.44. The van der Waals surface area contributed by atoms with Crippen LogP contribution in [0.25, 0.3) is 22.4 Å². The van der Waals surface area contributed by atoms with Gasteiger partial charge in [0.25, 0.3) is 5.91 Å². The third kappa shape index (κ3) is 2.79. The maximum atomic E-state index is 12.8. The maximum absolute atomic E-state index is 12.8. The summed E-state index contributed by atoms with van der Waals surface area (Å²) in [5.74, 6) is 0.197. The number of rotatable bonds is 3. The quantitative estimate of drug-likeness (QED) is 0.566. The smallest absolute Gasteiger partial charge is 0.274 e. The number of oxazole rings is 1. The van der Waals surface area contributed by atoms with Gasteiger partial charge in [0.1, 0.15) is 17.5 Å². The average Bonchev–Trinajstić information content (AvgIpc) is 3.34. The van der Waals surface area contributed by atoms with Crippen molar-refractivity contribution in [1.29, 1.82) is 5.26 Å². The second kappa shape index (κ2) is 6.63. The lowest BCUT2D eigenvalue weighted by Gasteiger charge is -2.12. The highest BCUT2D eigenvalue weighted by atomic mass is 16.3. The Morgan fingerprint density at radius 1 is 1.25 bits per heavy atom. The number of carbonyl (C=O) groups is 1. The van der Waals surface area contributed by atoms with Crippen LogP contribution in [0.15, 0.2) is 35.2 Å². The number of fused-ring (bicyclic) bond motifs is 1. The van der Waals surface area contributed by atoms with Crippen molar-refractivity contribution < 1.29 is 9.21 Å². The van der Waals surface area contributed by atoms with Crippen LogP contribution >= 0.6 is 0 Å². The first-order valence-electron chi connectivity index (χ1n) is 8.56. The highest BCUT2D eigenvalue weighted by Gasteiger charge is 2.18. The zero-order valence-corrected chi connectivity index (χ0v) is 15.5. The van der Waals surface area contributed by atoms with E-state index in [2.05, 4.69) is 31.6 Å². The lowest BCUT2D eigenvalue weighted by molar-refractivity contribution is 0.102. The first-order chi connectivity index (χ1) is 13.5. The molecule has 0 unspecified atom stereocenters. The van der Waals surface area contributed by atoms with E-state index in [1.54, 1.807) is 26.1 Å². The topological polar surface area (TPSA) is 120 Å². The Balaban J connectivity index is 1.70. The van der Waals surface area contributed by atoms with Crippen LogP contribution in [0.4, 0.5) is 5.69 Å². The molecule has 0 aliphatic carbocycles. The number of nitriles is 1. The van der Waals surface area contributed by atoms with Gasteiger partial charge in [0.05, 0.1) is 23.0 Å². The molecule has 0 bridgehead atoms. The van der Waals surface area contributed by atoms with Crippen LogP contribution in [-0.2, 0) is 0 Å². The van der Waals surface area contributed by atoms with E-state index < -0.39 is 0 Å². The fraction of sp³-hybridized carbons (Fsp3) is 0.150. The highest BCUT2D eigenvalue weighted by molar-refractivity contribution is 6.05. The molecule has 0 aliphatic rings. The Morgan fingerprint density at radius 3 is 2.79 bits per heavy atom. The van der Waals surface area contributed by atoms with Crippen LogP contribution in [-0.4, -0.2) is 26.1 Å². The van der Waals surface area contributed by atoms with Gasteiger partial charge in [-0.25, -0.2) is 9.97 Å². The number of benzene rings is 1. The third-order valence-electron chi connectivity index (χ3n) is 4.75. The van der Waals surface area contributed by atoms with Crippen LogP contribution in [0.2, 0.25) is 0 Å². The molecule has 1 aromatic carbocycles. The minimum Gasteiger partial charge on any atom is -0.442 e. The monoisotopic (exact) mass is 372 g/mol. The molecule has 0 saturated carbocycles. The second-order valence-electron chi connectivity index (χ2n) is 6.44. The van der Waals surface area contributed by atoms with E-state index in [0.29, 0.717) is 39.7 Å². The molecule has 3 aromatic heterocycles. The molecule has 2 N–H and O–H groups in total. The number of anilines is 1. The van der Waals surface area contributed by atoms with Gasteiger partial charge < -0.3 is 9.73 Å². The van der Waals surface area contributed by atoms with Gasteiger partial charge in [-0.15, -0.1) is 0 Å². The number of pyridine rings is 1. The van der Waals surface area contributed by atoms with Crippen molar-refractivity contribution in [3.63, 3.8) is 0 Å². The largest absolute Gasteiger partial charge is 0.442 e. The fourth-order valence-corrected chi connectivity index (χ4v) is 3.13. The standard InChI is InChI=1S/C20H16N6O2/c1-10-11(2)18(23-12(3)15(10)7-21)20(27)24-13-4-5-16-14(6-13)19(26-25-16)17-8-22-9-28-17/h4-6,8-9H,1-3H3,(H,24,27)(H,25,26). The predicted molar refractivity (Wildman–Crippen MR) is 103 cm³/mol. The molecule has 0 aliphatic heterocycles. The van der Waals surface area contributed by atoms with Crippen LogP contribution in [0.1, 0.15) is 32.9 Å². The zero-order chi connectivity index (χ0) is 19.8. The van der Waals surface area contributed by atoms with Gasteiger partial charge in [0.15, 0.2) is 12.2 Å². The zero-order valence-electron chi connectivity index (χ0n) is 15.5. The summed E-state index contributed by atoms with van der Waals surface area (Å²) in [6.45, 7) is 5.34. The number of hydrogen-bond donors (Lipinski definition) is 2. The molecule has 3 heterocycles. The van der Waals surface area contributed by atoms with E-state index in [0.717, 1.165) is 16.5 Å². The van der Waals surface area contributed by atoms with Gasteiger partial charge >= 0.3 is 0 Å². The van der Waals surface area contributed by atoms with E-state index in [9.17, 15) is 10.1 Å². The van der Waals surface area contributed by atoms with Gasteiger partial charge in [-0.3, -0.25) is 9.89 Å². The van der Waals surface area contributed by atoms with Gasteiger partial charge in [-0.1, -0.05) is 0 Å². The molecular weight excluding hydrogens is 356 g/mol. The van der Waals surface area contributed by atoms with Crippen LogP contribution < -0.4 is 5.32 Å². The van der Waals surface area contributed by atoms with Crippen molar-refractivity contribution in [3.05, 3.63) is 58.9 Å². The van der Waals surface area contributed by atoms with Gasteiger partial charge in [0, 0.05) is 11.1 Å². The molecule has 0 atom stereocenters. The van der Waals surface area contributed by atoms with Crippen molar-refractivity contribution in [2.45, 2.75) is 20.8 Å². The van der Waals surface area contributed by atoms with E-state index in [-0.39, 0.29) is 5.91 Å². The molecule has 1 amide bonds. The Morgan fingerprint density at radius 2 is 2.07 bits per heavy atom. The molecule has 4 aromatic rings. The third-order valence-corrected chi connectivity index (χ3v) is 4.75. The molecule has 28 heavy (non-hydrogen) atoms. The average molecular weight is 372 g/mol. The minimum absolute atomic E-state index is 0.303. The molecule has 8 nitrogen and oxygen atoms in total. The summed E-state index contributed by atoms with van der Waals surface area (Å²) in [5.41, 5.74) is 4.81. The number of carbonyl (C=O) groups excluding carboxylic acids is 1. The minimum atomic E-state index is -0.336. The summed E-state index contributed by atoms with van der Waals surface area (Å²) in [6, 6.07) is 7.56. The highest BCUT2D eigenvalue weighted by Crippen LogP contribution is 2.28. The van der Waals surface area contributed by atoms with Crippen LogP contribution in [0.5, 0.6) is 0 Å². The number of aromatic amines is 1. The Hall–Kier alpha value is -3.99. The summed E-state index contributed by atoms with van der Waals surface area (Å²) in [4.78, 5) is 21.1. The predicted octanol–water partition coefficient (Wildman–Crippen LogP) is 3.66. The summed E-state index contributed by atoms with van der Waals surface area (Å²) < 4.78 is 5.32. The molecule has 4 rings (SSSR count). The lowest BCUT2D eigenvalue weighted by Crippen LogP contribution is -2.17. The van der Waals surface area contributed by atoms with Crippen molar-refractivity contribution in [2.24, 2.45) is 0 Å². The first kappa shape index (κ1) is 17.4. The molecule has 0 fully saturated rings. The van der Waals surface area contributed by atoms with Gasteiger partial charge in [-0.2, -0.15) is 10.4 Å². The number of amides is 1. The van der Waals surface area contributed by atoms with Crippen LogP contribution in [0.3, 0.4) is 0 Å². The number of hydrogen-bond acceptors (Lipinski definition) is 6. The molecule has 0 spiro atoms. The molecule has 8 heteroatoms. The van der Waals surface area contributed by atoms with Crippen molar-refractivity contribution in [2.75, 3.05) is 5.32 Å². The molecule has 138 valence electrons. The fourth-order valence-electron chi connectivity index (χ4n) is 3.13. The number of nitrogens with zero attached hydrogens (tertiary/aromatic N) is 4. The van der Waals surface area contributed by atoms with E-state index in [1.807, 2.05) is 19.1 Å². The Kier molecular flexibility index (Phi) is 4.12. The molecular formula is C20H16N6O2. The number of aryl methyl sites for hydroxylation is 1. The van der Waals surface area contributed by atoms with Gasteiger partial charge in [-0.05, 0) is 50.1 Å². The first-order valence-corrected chi connectivity index (χ1v) is 8.56. The Bertz CT molecular complexity index is 1250. The van der Waals surface area contributed by atoms with E-state index in [4.69, 9.17) is 4.42 Å². The summed E-state index contributed by atoms with van der Waals surface area (Å²) in [6.07, 6.45) is 2.92. The number of nitrogens with one attached hydrogen (secondary N) is 2. The molecule has 0 radical (unpaired) electrons. The normalized spacial score (nSPS) is 10.8. The van der Waals surface area contributed by atoms with Crippen molar-refractivity contribution >= 4 is 22.5 Å². The number of H-pyrrole nitrogens is 1. The van der Waals surface area contributed by atoms with E-state index in [1.165, 1.54) is 6.39 Å². The van der Waals surface area contributed by atoms with Crippen molar-refractivity contribution in [1.82, 2.24) is 20.2 Å². The van der Waals surface area contributed by atoms with E-state index >= 15 is 0 Å². The summed E-state index contributed by atoms with van der Waals surface area (Å²) in [5, 5.41) is 20.1. The summed E-state index contributed by atoms with van der Waals surface area (Å²) >= 11 is 0.